The lowest BCUT2D eigenvalue weighted by Crippen LogP contribution is -2.50. The lowest BCUT2D eigenvalue weighted by Gasteiger charge is -2.29. The van der Waals surface area contributed by atoms with E-state index in [4.69, 9.17) is 10.00 Å². The molecule has 2 fully saturated rings. The third-order valence-corrected chi connectivity index (χ3v) is 4.63. The second-order valence-electron chi connectivity index (χ2n) is 6.29. The van der Waals surface area contributed by atoms with Gasteiger partial charge in [-0.25, -0.2) is 0 Å². The lowest BCUT2D eigenvalue weighted by molar-refractivity contribution is -0.142. The number of carbonyl (C=O) groups is 1. The second-order valence-corrected chi connectivity index (χ2v) is 6.29. The lowest BCUT2D eigenvalue weighted by atomic mass is 10.1. The molecule has 2 saturated heterocycles. The Morgan fingerprint density at radius 1 is 1.35 bits per heavy atom. The van der Waals surface area contributed by atoms with Gasteiger partial charge in [0, 0.05) is 31.9 Å². The molecule has 0 saturated carbocycles. The SMILES string of the molecule is C[C@H]1O[C@H](C(=O)N2CCNCC2)CN1c1ccc(C#N)c(C(F)(F)F)c1. The van der Waals surface area contributed by atoms with Crippen molar-refractivity contribution in [3.05, 3.63) is 29.3 Å². The predicted molar refractivity (Wildman–Crippen MR) is 87.3 cm³/mol. The molecule has 1 amide bonds. The summed E-state index contributed by atoms with van der Waals surface area (Å²) >= 11 is 0. The monoisotopic (exact) mass is 368 g/mol. The van der Waals surface area contributed by atoms with Crippen LogP contribution in [0, 0.1) is 11.3 Å². The molecule has 9 heteroatoms. The Balaban J connectivity index is 1.80. The molecule has 140 valence electrons. The number of amides is 1. The van der Waals surface area contributed by atoms with Crippen molar-refractivity contribution in [1.29, 1.82) is 5.26 Å². The molecule has 0 aliphatic carbocycles. The number of hydrogen-bond donors (Lipinski definition) is 1. The van der Waals surface area contributed by atoms with Gasteiger partial charge in [0.05, 0.1) is 23.7 Å². The number of halogens is 3. The van der Waals surface area contributed by atoms with Crippen molar-refractivity contribution in [3.8, 4) is 6.07 Å². The Bertz CT molecular complexity index is 726. The molecular weight excluding hydrogens is 349 g/mol. The van der Waals surface area contributed by atoms with E-state index in [0.29, 0.717) is 26.2 Å². The van der Waals surface area contributed by atoms with Gasteiger partial charge in [0.15, 0.2) is 6.10 Å². The summed E-state index contributed by atoms with van der Waals surface area (Å²) in [6.07, 6.45) is -5.88. The third kappa shape index (κ3) is 3.61. The first-order valence-corrected chi connectivity index (χ1v) is 8.34. The Morgan fingerprint density at radius 3 is 2.65 bits per heavy atom. The normalized spacial score (nSPS) is 23.8. The number of alkyl halides is 3. The molecule has 2 aliphatic heterocycles. The molecule has 0 unspecified atom stereocenters. The minimum Gasteiger partial charge on any atom is -0.344 e. The van der Waals surface area contributed by atoms with Crippen molar-refractivity contribution in [2.45, 2.75) is 25.4 Å². The van der Waals surface area contributed by atoms with Gasteiger partial charge in [-0.05, 0) is 25.1 Å². The first-order valence-electron chi connectivity index (χ1n) is 8.34. The quantitative estimate of drug-likeness (QED) is 0.858. The summed E-state index contributed by atoms with van der Waals surface area (Å²) in [4.78, 5) is 15.9. The van der Waals surface area contributed by atoms with Crippen LogP contribution in [0.25, 0.3) is 0 Å². The summed E-state index contributed by atoms with van der Waals surface area (Å²) in [6, 6.07) is 5.10. The van der Waals surface area contributed by atoms with Crippen LogP contribution in [0.15, 0.2) is 18.2 Å². The number of nitrogens with one attached hydrogen (secondary N) is 1. The summed E-state index contributed by atoms with van der Waals surface area (Å²) in [7, 11) is 0. The molecule has 1 aromatic carbocycles. The summed E-state index contributed by atoms with van der Waals surface area (Å²) in [5.74, 6) is -0.148. The van der Waals surface area contributed by atoms with Crippen LogP contribution in [-0.4, -0.2) is 55.9 Å². The van der Waals surface area contributed by atoms with Gasteiger partial charge >= 0.3 is 6.18 Å². The number of carbonyl (C=O) groups excluding carboxylic acids is 1. The molecule has 0 aromatic heterocycles. The van der Waals surface area contributed by atoms with E-state index in [-0.39, 0.29) is 18.1 Å². The molecule has 6 nitrogen and oxygen atoms in total. The zero-order valence-corrected chi connectivity index (χ0v) is 14.2. The van der Waals surface area contributed by atoms with Crippen molar-refractivity contribution >= 4 is 11.6 Å². The Kier molecular flexibility index (Phi) is 5.07. The predicted octanol–water partition coefficient (Wildman–Crippen LogP) is 1.56. The van der Waals surface area contributed by atoms with E-state index in [0.717, 1.165) is 12.1 Å². The number of anilines is 1. The zero-order valence-electron chi connectivity index (χ0n) is 14.2. The smallest absolute Gasteiger partial charge is 0.344 e. The molecule has 3 rings (SSSR count). The van der Waals surface area contributed by atoms with Crippen LogP contribution in [0.5, 0.6) is 0 Å². The number of hydrogen-bond acceptors (Lipinski definition) is 5. The van der Waals surface area contributed by atoms with Crippen molar-refractivity contribution < 1.29 is 22.7 Å². The summed E-state index contributed by atoms with van der Waals surface area (Å²) in [5, 5.41) is 12.1. The first-order chi connectivity index (χ1) is 12.3. The minimum atomic E-state index is -4.62. The first kappa shape index (κ1) is 18.5. The average Bonchev–Trinajstić information content (AvgIpc) is 3.02. The summed E-state index contributed by atoms with van der Waals surface area (Å²) in [5.41, 5.74) is -1.14. The van der Waals surface area contributed by atoms with E-state index in [9.17, 15) is 18.0 Å². The van der Waals surface area contributed by atoms with Crippen LogP contribution in [0.4, 0.5) is 18.9 Å². The van der Waals surface area contributed by atoms with Crippen LogP contribution in [0.3, 0.4) is 0 Å². The van der Waals surface area contributed by atoms with Crippen LogP contribution < -0.4 is 10.2 Å². The largest absolute Gasteiger partial charge is 0.417 e. The molecule has 1 aromatic rings. The van der Waals surface area contributed by atoms with Gasteiger partial charge in [-0.3, -0.25) is 4.79 Å². The maximum absolute atomic E-state index is 13.2. The molecule has 0 spiro atoms. The molecular formula is C17H19F3N4O2. The molecule has 2 atom stereocenters. The third-order valence-electron chi connectivity index (χ3n) is 4.63. The van der Waals surface area contributed by atoms with Crippen molar-refractivity contribution in [3.63, 3.8) is 0 Å². The second kappa shape index (κ2) is 7.13. The van der Waals surface area contributed by atoms with Crippen LogP contribution in [-0.2, 0) is 15.7 Å². The van der Waals surface area contributed by atoms with Crippen LogP contribution >= 0.6 is 0 Å². The van der Waals surface area contributed by atoms with Gasteiger partial charge in [-0.2, -0.15) is 18.4 Å². The van der Waals surface area contributed by atoms with E-state index in [1.54, 1.807) is 22.8 Å². The van der Waals surface area contributed by atoms with Crippen LogP contribution in [0.2, 0.25) is 0 Å². The van der Waals surface area contributed by atoms with Crippen molar-refractivity contribution in [1.82, 2.24) is 10.2 Å². The van der Waals surface area contributed by atoms with E-state index >= 15 is 0 Å². The maximum atomic E-state index is 13.2. The Labute approximate surface area is 149 Å². The topological polar surface area (TPSA) is 68.6 Å². The van der Waals surface area contributed by atoms with Gasteiger partial charge in [0.25, 0.3) is 5.91 Å². The molecule has 1 N–H and O–H groups in total. The Morgan fingerprint density at radius 2 is 2.04 bits per heavy atom. The van der Waals surface area contributed by atoms with Gasteiger partial charge in [-0.15, -0.1) is 0 Å². The number of nitrogens with zero attached hydrogens (tertiary/aromatic N) is 3. The maximum Gasteiger partial charge on any atom is 0.417 e. The Hall–Kier alpha value is -2.31. The highest BCUT2D eigenvalue weighted by atomic mass is 19.4. The van der Waals surface area contributed by atoms with Gasteiger partial charge in [0.1, 0.15) is 6.23 Å². The molecule has 26 heavy (non-hydrogen) atoms. The standard InChI is InChI=1S/C17H19F3N4O2/c1-11-24(10-15(26-11)16(25)23-6-4-22-5-7-23)13-3-2-12(9-21)14(8-13)17(18,19)20/h2-3,8,11,15,22H,4-7,10H2,1H3/t11-,15+/m1/s1. The van der Waals surface area contributed by atoms with Crippen molar-refractivity contribution in [2.24, 2.45) is 0 Å². The summed E-state index contributed by atoms with van der Waals surface area (Å²) in [6.45, 7) is 4.46. The van der Waals surface area contributed by atoms with E-state index in [1.807, 2.05) is 0 Å². The fraction of sp³-hybridized carbons (Fsp3) is 0.529. The molecule has 0 radical (unpaired) electrons. The molecule has 0 bridgehead atoms. The van der Waals surface area contributed by atoms with E-state index in [2.05, 4.69) is 5.32 Å². The van der Waals surface area contributed by atoms with E-state index < -0.39 is 29.6 Å². The van der Waals surface area contributed by atoms with Crippen molar-refractivity contribution in [2.75, 3.05) is 37.6 Å². The molecule has 2 aliphatic rings. The zero-order chi connectivity index (χ0) is 18.9. The number of piperazine rings is 1. The molecule has 2 heterocycles. The highest BCUT2D eigenvalue weighted by Crippen LogP contribution is 2.36. The fourth-order valence-electron chi connectivity index (χ4n) is 3.26. The highest BCUT2D eigenvalue weighted by Gasteiger charge is 2.39. The van der Waals surface area contributed by atoms with Gasteiger partial charge in [0.2, 0.25) is 0 Å². The number of benzene rings is 1. The fourth-order valence-corrected chi connectivity index (χ4v) is 3.26. The van der Waals surface area contributed by atoms with E-state index in [1.165, 1.54) is 6.07 Å². The highest BCUT2D eigenvalue weighted by molar-refractivity contribution is 5.82. The number of nitriles is 1. The van der Waals surface area contributed by atoms with Gasteiger partial charge < -0.3 is 19.9 Å². The van der Waals surface area contributed by atoms with Gasteiger partial charge in [-0.1, -0.05) is 0 Å². The average molecular weight is 368 g/mol. The number of rotatable bonds is 2. The van der Waals surface area contributed by atoms with Crippen LogP contribution in [0.1, 0.15) is 18.1 Å². The minimum absolute atomic E-state index is 0.148. The number of ether oxygens (including phenoxy) is 1. The summed E-state index contributed by atoms with van der Waals surface area (Å²) < 4.78 is 45.2.